The Hall–Kier alpha value is -3.80. The number of rotatable bonds is 4. The predicted molar refractivity (Wildman–Crippen MR) is 104 cm³/mol. The van der Waals surface area contributed by atoms with Crippen LogP contribution in [-0.4, -0.2) is 22.2 Å². The van der Waals surface area contributed by atoms with Gasteiger partial charge in [-0.05, 0) is 23.3 Å². The summed E-state index contributed by atoms with van der Waals surface area (Å²) in [5, 5.41) is 20.5. The molecule has 6 nitrogen and oxygen atoms in total. The molecular formula is C21H15N3O3. The summed E-state index contributed by atoms with van der Waals surface area (Å²) in [6.07, 6.45) is 1.72. The Labute approximate surface area is 155 Å². The molecule has 0 aliphatic rings. The molecule has 0 radical (unpaired) electrons. The lowest BCUT2D eigenvalue weighted by Gasteiger charge is -2.10. The summed E-state index contributed by atoms with van der Waals surface area (Å²) >= 11 is 0. The van der Waals surface area contributed by atoms with Crippen LogP contribution in [0.15, 0.2) is 72.9 Å². The number of benzene rings is 3. The summed E-state index contributed by atoms with van der Waals surface area (Å²) in [5.74, 6) is 0.780. The minimum absolute atomic E-state index is 0.0452. The Morgan fingerprint density at radius 1 is 0.926 bits per heavy atom. The summed E-state index contributed by atoms with van der Waals surface area (Å²) in [6, 6.07) is 20.1. The number of methoxy groups -OCH3 is 1. The van der Waals surface area contributed by atoms with E-state index in [-0.39, 0.29) is 5.69 Å². The topological polar surface area (TPSA) is 78.2 Å². The summed E-state index contributed by atoms with van der Waals surface area (Å²) < 4.78 is 5.22. The van der Waals surface area contributed by atoms with E-state index < -0.39 is 4.92 Å². The van der Waals surface area contributed by atoms with Gasteiger partial charge in [0.05, 0.1) is 18.2 Å². The minimum atomic E-state index is -0.400. The highest BCUT2D eigenvalue weighted by Gasteiger charge is 2.13. The van der Waals surface area contributed by atoms with Gasteiger partial charge in [0.2, 0.25) is 0 Å². The largest absolute Gasteiger partial charge is 0.497 e. The van der Waals surface area contributed by atoms with E-state index in [1.165, 1.54) is 6.07 Å². The van der Waals surface area contributed by atoms with Crippen molar-refractivity contribution in [2.24, 2.45) is 0 Å². The van der Waals surface area contributed by atoms with E-state index in [4.69, 9.17) is 4.74 Å². The van der Waals surface area contributed by atoms with Gasteiger partial charge >= 0.3 is 0 Å². The Kier molecular flexibility index (Phi) is 4.22. The number of nitro groups is 1. The van der Waals surface area contributed by atoms with E-state index >= 15 is 0 Å². The third-order valence-electron chi connectivity index (χ3n) is 4.44. The lowest BCUT2D eigenvalue weighted by atomic mass is 9.97. The average Bonchev–Trinajstić information content (AvgIpc) is 2.73. The second-order valence-electron chi connectivity index (χ2n) is 6.00. The number of ether oxygens (including phenoxy) is 1. The van der Waals surface area contributed by atoms with Crippen molar-refractivity contribution in [2.75, 3.05) is 7.11 Å². The zero-order valence-corrected chi connectivity index (χ0v) is 14.5. The van der Waals surface area contributed by atoms with Gasteiger partial charge in [0, 0.05) is 28.6 Å². The zero-order valence-electron chi connectivity index (χ0n) is 14.5. The molecule has 3 aromatic carbocycles. The quantitative estimate of drug-likeness (QED) is 0.384. The standard InChI is InChI=1S/C21H15N3O3/c1-27-17-10-8-14(9-11-17)20-13-22-23-21-18(6-3-7-19(20)21)15-4-2-5-16(12-15)24(25)26/h2-13H,1H3. The fourth-order valence-electron chi connectivity index (χ4n) is 3.10. The summed E-state index contributed by atoms with van der Waals surface area (Å²) in [5.41, 5.74) is 4.21. The molecule has 132 valence electrons. The molecular weight excluding hydrogens is 342 g/mol. The van der Waals surface area contributed by atoms with Crippen LogP contribution in [0.3, 0.4) is 0 Å². The molecule has 0 N–H and O–H groups in total. The Morgan fingerprint density at radius 3 is 2.44 bits per heavy atom. The first kappa shape index (κ1) is 16.7. The monoisotopic (exact) mass is 357 g/mol. The lowest BCUT2D eigenvalue weighted by molar-refractivity contribution is -0.384. The van der Waals surface area contributed by atoms with E-state index in [0.29, 0.717) is 5.52 Å². The number of nitro benzene ring substituents is 1. The van der Waals surface area contributed by atoms with Crippen molar-refractivity contribution < 1.29 is 9.66 Å². The van der Waals surface area contributed by atoms with Gasteiger partial charge < -0.3 is 4.74 Å². The molecule has 0 aliphatic heterocycles. The van der Waals surface area contributed by atoms with Gasteiger partial charge in [-0.2, -0.15) is 5.10 Å². The molecule has 0 saturated heterocycles. The first-order valence-corrected chi connectivity index (χ1v) is 8.31. The number of aromatic nitrogens is 2. The molecule has 6 heteroatoms. The van der Waals surface area contributed by atoms with Crippen molar-refractivity contribution in [1.29, 1.82) is 0 Å². The summed E-state index contributed by atoms with van der Waals surface area (Å²) in [7, 11) is 1.63. The SMILES string of the molecule is COc1ccc(-c2cnnc3c(-c4cccc([N+](=O)[O-])c4)cccc23)cc1. The Bertz CT molecular complexity index is 1140. The molecule has 0 atom stereocenters. The number of nitrogens with zero attached hydrogens (tertiary/aromatic N) is 3. The van der Waals surface area contributed by atoms with Crippen LogP contribution >= 0.6 is 0 Å². The molecule has 27 heavy (non-hydrogen) atoms. The van der Waals surface area contributed by atoms with Crippen molar-refractivity contribution in [2.45, 2.75) is 0 Å². The predicted octanol–water partition coefficient (Wildman–Crippen LogP) is 4.88. The maximum Gasteiger partial charge on any atom is 0.270 e. The van der Waals surface area contributed by atoms with Gasteiger partial charge in [0.15, 0.2) is 0 Å². The van der Waals surface area contributed by atoms with E-state index in [9.17, 15) is 10.1 Å². The van der Waals surface area contributed by atoms with Crippen LogP contribution in [0.1, 0.15) is 0 Å². The van der Waals surface area contributed by atoms with E-state index in [1.54, 1.807) is 25.4 Å². The second-order valence-corrected chi connectivity index (χ2v) is 6.00. The molecule has 4 rings (SSSR count). The molecule has 0 bridgehead atoms. The number of hydrogen-bond donors (Lipinski definition) is 0. The van der Waals surface area contributed by atoms with Crippen molar-refractivity contribution in [3.63, 3.8) is 0 Å². The van der Waals surface area contributed by atoms with Crippen molar-refractivity contribution in [1.82, 2.24) is 10.2 Å². The summed E-state index contributed by atoms with van der Waals surface area (Å²) in [4.78, 5) is 10.7. The van der Waals surface area contributed by atoms with Crippen LogP contribution in [0.2, 0.25) is 0 Å². The van der Waals surface area contributed by atoms with E-state index in [1.807, 2.05) is 48.5 Å². The van der Waals surface area contributed by atoms with Crippen molar-refractivity contribution >= 4 is 16.6 Å². The highest BCUT2D eigenvalue weighted by atomic mass is 16.6. The van der Waals surface area contributed by atoms with Crippen LogP contribution in [0.5, 0.6) is 5.75 Å². The lowest BCUT2D eigenvalue weighted by Crippen LogP contribution is -1.92. The van der Waals surface area contributed by atoms with Crippen molar-refractivity contribution in [3.8, 4) is 28.0 Å². The van der Waals surface area contributed by atoms with Crippen LogP contribution < -0.4 is 4.74 Å². The van der Waals surface area contributed by atoms with Gasteiger partial charge in [0.1, 0.15) is 11.3 Å². The van der Waals surface area contributed by atoms with Crippen LogP contribution in [0.25, 0.3) is 33.2 Å². The Morgan fingerprint density at radius 2 is 1.70 bits per heavy atom. The smallest absolute Gasteiger partial charge is 0.270 e. The summed E-state index contributed by atoms with van der Waals surface area (Å²) in [6.45, 7) is 0. The number of fused-ring (bicyclic) bond motifs is 1. The normalized spacial score (nSPS) is 10.7. The average molecular weight is 357 g/mol. The Balaban J connectivity index is 1.90. The number of non-ortho nitro benzene ring substituents is 1. The maximum atomic E-state index is 11.1. The molecule has 0 aliphatic carbocycles. The number of hydrogen-bond acceptors (Lipinski definition) is 5. The molecule has 0 unspecified atom stereocenters. The minimum Gasteiger partial charge on any atom is -0.497 e. The van der Waals surface area contributed by atoms with Gasteiger partial charge in [-0.3, -0.25) is 10.1 Å². The van der Waals surface area contributed by atoms with Crippen LogP contribution in [0, 0.1) is 10.1 Å². The zero-order chi connectivity index (χ0) is 18.8. The van der Waals surface area contributed by atoms with Gasteiger partial charge in [-0.25, -0.2) is 0 Å². The first-order chi connectivity index (χ1) is 13.2. The van der Waals surface area contributed by atoms with Crippen molar-refractivity contribution in [3.05, 3.63) is 83.0 Å². The molecule has 0 spiro atoms. The van der Waals surface area contributed by atoms with E-state index in [0.717, 1.165) is 33.4 Å². The second kappa shape index (κ2) is 6.84. The highest BCUT2D eigenvalue weighted by molar-refractivity contribution is 6.01. The fourth-order valence-corrected chi connectivity index (χ4v) is 3.10. The third kappa shape index (κ3) is 3.08. The molecule has 0 amide bonds. The third-order valence-corrected chi connectivity index (χ3v) is 4.44. The van der Waals surface area contributed by atoms with Gasteiger partial charge in [-0.15, -0.1) is 5.10 Å². The fraction of sp³-hybridized carbons (Fsp3) is 0.0476. The van der Waals surface area contributed by atoms with E-state index in [2.05, 4.69) is 10.2 Å². The maximum absolute atomic E-state index is 11.1. The van der Waals surface area contributed by atoms with Gasteiger partial charge in [-0.1, -0.05) is 42.5 Å². The van der Waals surface area contributed by atoms with Crippen LogP contribution in [0.4, 0.5) is 5.69 Å². The molecule has 0 fully saturated rings. The molecule has 1 aromatic heterocycles. The molecule has 4 aromatic rings. The first-order valence-electron chi connectivity index (χ1n) is 8.31. The molecule has 1 heterocycles. The van der Waals surface area contributed by atoms with Crippen LogP contribution in [-0.2, 0) is 0 Å². The molecule has 0 saturated carbocycles. The highest BCUT2D eigenvalue weighted by Crippen LogP contribution is 2.34. The van der Waals surface area contributed by atoms with Gasteiger partial charge in [0.25, 0.3) is 5.69 Å².